The average molecular weight is 446 g/mol. The molecular weight excluding hydrogens is 425 g/mol. The van der Waals surface area contributed by atoms with E-state index in [4.69, 9.17) is 14.5 Å². The number of nitrogens with zero attached hydrogens (tertiary/aromatic N) is 3. The fourth-order valence-corrected chi connectivity index (χ4v) is 4.18. The number of benzene rings is 3. The van der Waals surface area contributed by atoms with Gasteiger partial charge in [-0.25, -0.2) is 14.1 Å². The van der Waals surface area contributed by atoms with Gasteiger partial charge in [0.15, 0.2) is 11.5 Å². The van der Waals surface area contributed by atoms with Gasteiger partial charge in [-0.1, -0.05) is 29.8 Å². The predicted molar refractivity (Wildman–Crippen MR) is 125 cm³/mol. The molecule has 0 spiro atoms. The minimum atomic E-state index is -0.310. The van der Waals surface area contributed by atoms with Crippen LogP contribution in [0.25, 0.3) is 11.3 Å². The van der Waals surface area contributed by atoms with E-state index in [9.17, 15) is 4.39 Å². The van der Waals surface area contributed by atoms with Gasteiger partial charge in [-0.2, -0.15) is 5.10 Å². The molecule has 160 valence electrons. The molecule has 32 heavy (non-hydrogen) atoms. The number of aryl methyl sites for hydroxylation is 1. The van der Waals surface area contributed by atoms with Crippen LogP contribution in [0.1, 0.15) is 11.1 Å². The van der Waals surface area contributed by atoms with Crippen LogP contribution in [0, 0.1) is 12.7 Å². The van der Waals surface area contributed by atoms with Crippen molar-refractivity contribution in [3.63, 3.8) is 0 Å². The number of thiazole rings is 1. The third-order valence-corrected chi connectivity index (χ3v) is 5.80. The highest BCUT2D eigenvalue weighted by Crippen LogP contribution is 2.30. The highest BCUT2D eigenvalue weighted by molar-refractivity contribution is 7.07. The van der Waals surface area contributed by atoms with Crippen molar-refractivity contribution >= 4 is 23.2 Å². The summed E-state index contributed by atoms with van der Waals surface area (Å²) in [5.74, 6) is 1.10. The quantitative estimate of drug-likeness (QED) is 0.387. The second-order valence-electron chi connectivity index (χ2n) is 7.29. The molecule has 3 aromatic carbocycles. The van der Waals surface area contributed by atoms with Gasteiger partial charge >= 0.3 is 0 Å². The molecule has 0 saturated heterocycles. The molecule has 0 fully saturated rings. The smallest absolute Gasteiger partial charge is 0.211 e. The summed E-state index contributed by atoms with van der Waals surface area (Å²) in [6.45, 7) is 3.09. The lowest BCUT2D eigenvalue weighted by molar-refractivity contribution is 0.171. The van der Waals surface area contributed by atoms with Crippen molar-refractivity contribution in [3.05, 3.63) is 93.9 Å². The number of hydrogen-bond donors (Lipinski definition) is 0. The van der Waals surface area contributed by atoms with E-state index in [1.165, 1.54) is 17.4 Å². The summed E-state index contributed by atoms with van der Waals surface area (Å²) in [5, 5.41) is 6.53. The van der Waals surface area contributed by atoms with Crippen molar-refractivity contribution in [2.75, 3.05) is 13.2 Å². The maximum absolute atomic E-state index is 14.6. The molecule has 7 heteroatoms. The highest BCUT2D eigenvalue weighted by atomic mass is 32.1. The van der Waals surface area contributed by atoms with E-state index in [-0.39, 0.29) is 5.82 Å². The summed E-state index contributed by atoms with van der Waals surface area (Å²) >= 11 is 1.41. The maximum atomic E-state index is 14.6. The number of rotatable bonds is 4. The first-order valence-electron chi connectivity index (χ1n) is 10.2. The Morgan fingerprint density at radius 1 is 0.969 bits per heavy atom. The minimum Gasteiger partial charge on any atom is -0.486 e. The highest BCUT2D eigenvalue weighted by Gasteiger charge is 2.13. The molecule has 1 aliphatic heterocycles. The summed E-state index contributed by atoms with van der Waals surface area (Å²) in [7, 11) is 0. The predicted octanol–water partition coefficient (Wildman–Crippen LogP) is 5.55. The van der Waals surface area contributed by atoms with E-state index < -0.39 is 0 Å². The molecule has 0 bridgehead atoms. The van der Waals surface area contributed by atoms with Crippen molar-refractivity contribution in [1.29, 1.82) is 0 Å². The SMILES string of the molecule is Cc1ccc(N=c2scc(-c3ccccc3F)n2/N=C\c2ccc3c(c2)OCCO3)cc1. The Kier molecular flexibility index (Phi) is 5.56. The number of ether oxygens (including phenoxy) is 2. The first-order chi connectivity index (χ1) is 15.7. The molecular formula is C25H20FN3O2S. The molecule has 2 heterocycles. The van der Waals surface area contributed by atoms with Crippen molar-refractivity contribution in [2.45, 2.75) is 6.92 Å². The van der Waals surface area contributed by atoms with Gasteiger partial charge in [0.25, 0.3) is 0 Å². The Hall–Kier alpha value is -3.71. The molecule has 0 amide bonds. The van der Waals surface area contributed by atoms with Crippen LogP contribution in [-0.4, -0.2) is 24.1 Å². The maximum Gasteiger partial charge on any atom is 0.211 e. The van der Waals surface area contributed by atoms with Crippen LogP contribution >= 0.6 is 11.3 Å². The van der Waals surface area contributed by atoms with Crippen LogP contribution < -0.4 is 14.3 Å². The van der Waals surface area contributed by atoms with E-state index >= 15 is 0 Å². The Bertz CT molecular complexity index is 1360. The Balaban J connectivity index is 1.60. The van der Waals surface area contributed by atoms with Crippen LogP contribution in [0.15, 0.2) is 82.2 Å². The van der Waals surface area contributed by atoms with E-state index in [1.807, 2.05) is 60.8 Å². The van der Waals surface area contributed by atoms with Gasteiger partial charge in [0.2, 0.25) is 4.80 Å². The number of fused-ring (bicyclic) bond motifs is 1. The molecule has 0 N–H and O–H groups in total. The third-order valence-electron chi connectivity index (χ3n) is 4.98. The average Bonchev–Trinajstić information content (AvgIpc) is 3.21. The van der Waals surface area contributed by atoms with Gasteiger partial charge in [0.05, 0.1) is 17.6 Å². The molecule has 0 atom stereocenters. The van der Waals surface area contributed by atoms with Crippen molar-refractivity contribution < 1.29 is 13.9 Å². The number of halogens is 1. The van der Waals surface area contributed by atoms with Crippen LogP contribution in [0.3, 0.4) is 0 Å². The Labute approximate surface area is 188 Å². The lowest BCUT2D eigenvalue weighted by Crippen LogP contribution is -2.15. The molecule has 0 saturated carbocycles. The van der Waals surface area contributed by atoms with E-state index in [1.54, 1.807) is 23.0 Å². The van der Waals surface area contributed by atoms with E-state index in [2.05, 4.69) is 5.10 Å². The number of aromatic nitrogens is 1. The van der Waals surface area contributed by atoms with Crippen molar-refractivity contribution in [3.8, 4) is 22.8 Å². The molecule has 1 aromatic heterocycles. The molecule has 5 rings (SSSR count). The molecule has 0 unspecified atom stereocenters. The van der Waals surface area contributed by atoms with Gasteiger partial charge in [-0.15, -0.1) is 11.3 Å². The fraction of sp³-hybridized carbons (Fsp3) is 0.120. The normalized spacial score (nSPS) is 13.6. The van der Waals surface area contributed by atoms with E-state index in [0.29, 0.717) is 35.0 Å². The molecule has 5 nitrogen and oxygen atoms in total. The van der Waals surface area contributed by atoms with Crippen LogP contribution in [0.5, 0.6) is 11.5 Å². The first kappa shape index (κ1) is 20.2. The van der Waals surface area contributed by atoms with Crippen molar-refractivity contribution in [1.82, 2.24) is 4.68 Å². The minimum absolute atomic E-state index is 0.310. The Morgan fingerprint density at radius 2 is 1.75 bits per heavy atom. The fourth-order valence-electron chi connectivity index (χ4n) is 3.34. The summed E-state index contributed by atoms with van der Waals surface area (Å²) in [4.78, 5) is 5.38. The zero-order chi connectivity index (χ0) is 21.9. The Morgan fingerprint density at radius 3 is 2.56 bits per heavy atom. The van der Waals surface area contributed by atoms with Gasteiger partial charge in [-0.3, -0.25) is 0 Å². The zero-order valence-electron chi connectivity index (χ0n) is 17.4. The number of hydrogen-bond acceptors (Lipinski definition) is 5. The standard InChI is InChI=1S/C25H20FN3O2S/c1-17-6-9-19(10-7-17)28-25-29(22(16-32-25)20-4-2-3-5-21(20)26)27-15-18-8-11-23-24(14-18)31-13-12-30-23/h2-11,14-16H,12-13H2,1H3/b27-15-,28-25?. The monoisotopic (exact) mass is 445 g/mol. The van der Waals surface area contributed by atoms with Gasteiger partial charge in [-0.05, 0) is 55.0 Å². The zero-order valence-corrected chi connectivity index (χ0v) is 18.2. The lowest BCUT2D eigenvalue weighted by atomic mass is 10.1. The van der Waals surface area contributed by atoms with Crippen LogP contribution in [0.4, 0.5) is 10.1 Å². The van der Waals surface area contributed by atoms with Crippen molar-refractivity contribution in [2.24, 2.45) is 10.1 Å². The van der Waals surface area contributed by atoms with Gasteiger partial charge < -0.3 is 9.47 Å². The summed E-state index contributed by atoms with van der Waals surface area (Å²) in [5.41, 5.74) is 3.90. The third kappa shape index (κ3) is 4.20. The largest absolute Gasteiger partial charge is 0.486 e. The summed E-state index contributed by atoms with van der Waals surface area (Å²) in [6, 6.07) is 20.2. The molecule has 0 aliphatic carbocycles. The van der Waals surface area contributed by atoms with Gasteiger partial charge in [0, 0.05) is 10.9 Å². The second-order valence-corrected chi connectivity index (χ2v) is 8.13. The second kappa shape index (κ2) is 8.80. The molecule has 1 aliphatic rings. The van der Waals surface area contributed by atoms with Gasteiger partial charge in [0.1, 0.15) is 19.0 Å². The topological polar surface area (TPSA) is 48.1 Å². The lowest BCUT2D eigenvalue weighted by Gasteiger charge is -2.18. The van der Waals surface area contributed by atoms with Crippen LogP contribution in [0.2, 0.25) is 0 Å². The summed E-state index contributed by atoms with van der Waals surface area (Å²) < 4.78 is 27.5. The first-order valence-corrected chi connectivity index (χ1v) is 11.1. The summed E-state index contributed by atoms with van der Waals surface area (Å²) in [6.07, 6.45) is 1.71. The molecule has 0 radical (unpaired) electrons. The van der Waals surface area contributed by atoms with E-state index in [0.717, 1.165) is 22.6 Å². The molecule has 4 aromatic rings. The van der Waals surface area contributed by atoms with Crippen LogP contribution in [-0.2, 0) is 0 Å².